The largest absolute Gasteiger partial charge is 0.390 e. The van der Waals surface area contributed by atoms with Gasteiger partial charge in [0.25, 0.3) is 0 Å². The quantitative estimate of drug-likeness (QED) is 0.580. The number of thioether (sulfide) groups is 1. The van der Waals surface area contributed by atoms with Crippen LogP contribution >= 0.6 is 11.8 Å². The molecule has 3 aromatic rings. The maximum Gasteiger partial charge on any atom is 0.129 e. The molecule has 0 unspecified atom stereocenters. The first-order chi connectivity index (χ1) is 14.7. The molecule has 0 fully saturated rings. The van der Waals surface area contributed by atoms with Gasteiger partial charge in [0, 0.05) is 30.6 Å². The highest BCUT2D eigenvalue weighted by Gasteiger charge is 2.32. The average Bonchev–Trinajstić information content (AvgIpc) is 2.93. The van der Waals surface area contributed by atoms with Gasteiger partial charge >= 0.3 is 0 Å². The van der Waals surface area contributed by atoms with Crippen molar-refractivity contribution < 1.29 is 5.11 Å². The molecule has 3 heterocycles. The Morgan fingerprint density at radius 1 is 1.26 bits per heavy atom. The summed E-state index contributed by atoms with van der Waals surface area (Å²) in [7, 11) is 2.00. The van der Waals surface area contributed by atoms with Crippen molar-refractivity contribution in [3.8, 4) is 11.4 Å². The lowest BCUT2D eigenvalue weighted by Crippen LogP contribution is -2.19. The molecular weight excluding hydrogens is 404 g/mol. The van der Waals surface area contributed by atoms with Gasteiger partial charge in [-0.25, -0.2) is 0 Å². The highest BCUT2D eigenvalue weighted by Crippen LogP contribution is 2.47. The number of nitrogens with one attached hydrogen (secondary N) is 1. The molecule has 164 valence electrons. The van der Waals surface area contributed by atoms with E-state index < -0.39 is 5.60 Å². The highest BCUT2D eigenvalue weighted by molar-refractivity contribution is 7.99. The van der Waals surface area contributed by atoms with Gasteiger partial charge in [-0.1, -0.05) is 24.3 Å². The van der Waals surface area contributed by atoms with Crippen LogP contribution in [-0.2, 0) is 13.5 Å². The molecule has 2 N–H and O–H groups in total. The average molecular weight is 437 g/mol. The monoisotopic (exact) mass is 436 g/mol. The Morgan fingerprint density at radius 2 is 2.06 bits per heavy atom. The van der Waals surface area contributed by atoms with Crippen LogP contribution in [0.25, 0.3) is 11.4 Å². The number of hydrogen-bond donors (Lipinski definition) is 2. The Hall–Kier alpha value is -2.31. The minimum Gasteiger partial charge on any atom is -0.390 e. The van der Waals surface area contributed by atoms with E-state index in [1.165, 1.54) is 22.3 Å². The molecule has 6 heteroatoms. The summed E-state index contributed by atoms with van der Waals surface area (Å²) in [4.78, 5) is 4.60. The number of pyridine rings is 1. The summed E-state index contributed by atoms with van der Waals surface area (Å²) in [5.41, 5.74) is 6.28. The van der Waals surface area contributed by atoms with Gasteiger partial charge < -0.3 is 10.4 Å². The van der Waals surface area contributed by atoms with Crippen LogP contribution in [0.3, 0.4) is 0 Å². The van der Waals surface area contributed by atoms with Crippen molar-refractivity contribution in [2.75, 3.05) is 11.1 Å². The van der Waals surface area contributed by atoms with Crippen LogP contribution < -0.4 is 5.32 Å². The Kier molecular flexibility index (Phi) is 6.13. The maximum atomic E-state index is 10.1. The molecule has 1 aliphatic heterocycles. The number of hydrogen-bond acceptors (Lipinski definition) is 5. The van der Waals surface area contributed by atoms with E-state index in [9.17, 15) is 5.11 Å². The summed E-state index contributed by atoms with van der Waals surface area (Å²) < 4.78 is 1.96. The van der Waals surface area contributed by atoms with Crippen LogP contribution in [0.15, 0.2) is 42.6 Å². The van der Waals surface area contributed by atoms with Gasteiger partial charge in [0.2, 0.25) is 0 Å². The molecule has 0 radical (unpaired) electrons. The molecule has 2 aromatic heterocycles. The van der Waals surface area contributed by atoms with Gasteiger partial charge in [-0.15, -0.1) is 11.8 Å². The zero-order valence-electron chi connectivity index (χ0n) is 19.0. The molecule has 0 saturated heterocycles. The van der Waals surface area contributed by atoms with Crippen molar-refractivity contribution in [2.24, 2.45) is 7.05 Å². The number of nitrogens with zero attached hydrogens (tertiary/aromatic N) is 3. The fraction of sp³-hybridized carbons (Fsp3) is 0.440. The molecule has 0 spiro atoms. The van der Waals surface area contributed by atoms with Crippen LogP contribution in [0.4, 0.5) is 5.82 Å². The van der Waals surface area contributed by atoms with E-state index in [2.05, 4.69) is 42.3 Å². The number of aryl methyl sites for hydroxylation is 3. The first-order valence-electron chi connectivity index (χ1n) is 10.9. The zero-order chi connectivity index (χ0) is 22.2. The standard InChI is InChI=1S/C25H32N4OS/c1-16-14-18(11-12-25(3,4)30)9-10-19(16)23-21-22(20-8-6-7-13-26-20)28-29(5)24(21)27-17(2)15-31-23/h6-10,13-14,17,23,27,30H,11-12,15H2,1-5H3/t17-,23+/m0/s1. The first kappa shape index (κ1) is 21.9. The van der Waals surface area contributed by atoms with E-state index in [-0.39, 0.29) is 5.25 Å². The zero-order valence-corrected chi connectivity index (χ0v) is 19.8. The van der Waals surface area contributed by atoms with Crippen molar-refractivity contribution in [2.45, 2.75) is 57.4 Å². The second-order valence-corrected chi connectivity index (χ2v) is 10.3. The number of rotatable bonds is 5. The number of fused-ring (bicyclic) bond motifs is 1. The normalized spacial score (nSPS) is 18.9. The highest BCUT2D eigenvalue weighted by atomic mass is 32.2. The van der Waals surface area contributed by atoms with Crippen molar-refractivity contribution >= 4 is 17.6 Å². The van der Waals surface area contributed by atoms with Crippen molar-refractivity contribution in [1.82, 2.24) is 14.8 Å². The van der Waals surface area contributed by atoms with Crippen molar-refractivity contribution in [1.29, 1.82) is 0 Å². The summed E-state index contributed by atoms with van der Waals surface area (Å²) >= 11 is 1.96. The summed E-state index contributed by atoms with van der Waals surface area (Å²) in [6.07, 6.45) is 3.45. The molecule has 0 amide bonds. The van der Waals surface area contributed by atoms with Gasteiger partial charge in [0.15, 0.2) is 0 Å². The Bertz CT molecular complexity index is 1060. The van der Waals surface area contributed by atoms with Crippen LogP contribution in [0.2, 0.25) is 0 Å². The van der Waals surface area contributed by atoms with E-state index in [1.807, 2.05) is 61.7 Å². The molecule has 1 aliphatic rings. The number of benzene rings is 1. The van der Waals surface area contributed by atoms with E-state index in [1.54, 1.807) is 0 Å². The minimum atomic E-state index is -0.645. The number of anilines is 1. The number of aromatic nitrogens is 3. The summed E-state index contributed by atoms with van der Waals surface area (Å²) in [6, 6.07) is 13.1. The third kappa shape index (κ3) is 4.80. The third-order valence-electron chi connectivity index (χ3n) is 5.79. The fourth-order valence-electron chi connectivity index (χ4n) is 4.13. The van der Waals surface area contributed by atoms with Gasteiger partial charge in [-0.05, 0) is 69.4 Å². The smallest absolute Gasteiger partial charge is 0.129 e. The van der Waals surface area contributed by atoms with Gasteiger partial charge in [0.1, 0.15) is 11.5 Å². The van der Waals surface area contributed by atoms with Crippen LogP contribution in [0.1, 0.15) is 54.7 Å². The molecule has 0 saturated carbocycles. The summed E-state index contributed by atoms with van der Waals surface area (Å²) in [5, 5.41) is 18.8. The second kappa shape index (κ2) is 8.67. The molecular formula is C25H32N4OS. The lowest BCUT2D eigenvalue weighted by Gasteiger charge is -2.20. The van der Waals surface area contributed by atoms with Crippen LogP contribution in [-0.4, -0.2) is 37.3 Å². The van der Waals surface area contributed by atoms with E-state index in [0.717, 1.165) is 35.8 Å². The maximum absolute atomic E-state index is 10.1. The lowest BCUT2D eigenvalue weighted by atomic mass is 9.93. The van der Waals surface area contributed by atoms with Gasteiger partial charge in [0.05, 0.1) is 16.5 Å². The number of aliphatic hydroxyl groups is 1. The summed E-state index contributed by atoms with van der Waals surface area (Å²) in [6.45, 7) is 8.15. The minimum absolute atomic E-state index is 0.182. The third-order valence-corrected chi connectivity index (χ3v) is 7.31. The van der Waals surface area contributed by atoms with Crippen molar-refractivity contribution in [3.05, 3.63) is 64.8 Å². The topological polar surface area (TPSA) is 63.0 Å². The Balaban J connectivity index is 1.77. The van der Waals surface area contributed by atoms with Crippen LogP contribution in [0.5, 0.6) is 0 Å². The van der Waals surface area contributed by atoms with Crippen LogP contribution in [0, 0.1) is 6.92 Å². The van der Waals surface area contributed by atoms with Crippen molar-refractivity contribution in [3.63, 3.8) is 0 Å². The molecule has 2 atom stereocenters. The molecule has 31 heavy (non-hydrogen) atoms. The van der Waals surface area contributed by atoms with E-state index >= 15 is 0 Å². The second-order valence-electron chi connectivity index (χ2n) is 9.21. The first-order valence-corrected chi connectivity index (χ1v) is 12.0. The fourth-order valence-corrected chi connectivity index (χ4v) is 5.53. The molecule has 5 nitrogen and oxygen atoms in total. The predicted octanol–water partition coefficient (Wildman–Crippen LogP) is 5.13. The molecule has 4 rings (SSSR count). The van der Waals surface area contributed by atoms with Gasteiger partial charge in [-0.2, -0.15) is 5.10 Å². The van der Waals surface area contributed by atoms with E-state index in [0.29, 0.717) is 6.04 Å². The SMILES string of the molecule is Cc1cc(CCC(C)(C)O)ccc1[C@H]1SC[C@H](C)Nc2c1c(-c1ccccn1)nn2C. The van der Waals surface area contributed by atoms with E-state index in [4.69, 9.17) is 5.10 Å². The lowest BCUT2D eigenvalue weighted by molar-refractivity contribution is 0.0714. The predicted molar refractivity (Wildman–Crippen MR) is 130 cm³/mol. The Morgan fingerprint density at radius 3 is 2.74 bits per heavy atom. The molecule has 0 aliphatic carbocycles. The summed E-state index contributed by atoms with van der Waals surface area (Å²) in [5.74, 6) is 2.09. The molecule has 0 bridgehead atoms. The molecule has 1 aromatic carbocycles. The Labute approximate surface area is 189 Å². The van der Waals surface area contributed by atoms with Gasteiger partial charge in [-0.3, -0.25) is 9.67 Å².